The smallest absolute Gasteiger partial charge is 0.383 e. The number of alkyl halides is 3. The fourth-order valence-corrected chi connectivity index (χ4v) is 2.81. The van der Waals surface area contributed by atoms with E-state index in [4.69, 9.17) is 5.73 Å². The molecule has 2 N–H and O–H groups in total. The first-order valence-corrected chi connectivity index (χ1v) is 7.37. The molecule has 0 aliphatic rings. The minimum absolute atomic E-state index is 0.333. The topological polar surface area (TPSA) is 69.1 Å². The maximum Gasteiger partial charge on any atom is 0.416 e. The monoisotopic (exact) mass is 385 g/mol. The molecule has 3 aromatic rings. The molecule has 3 rings (SSSR count). The molecule has 2 aromatic heterocycles. The van der Waals surface area contributed by atoms with Crippen LogP contribution in [-0.2, 0) is 12.6 Å². The molecule has 5 nitrogen and oxygen atoms in total. The highest BCUT2D eigenvalue weighted by atomic mass is 79.9. The van der Waals surface area contributed by atoms with Crippen molar-refractivity contribution < 1.29 is 13.2 Å². The summed E-state index contributed by atoms with van der Waals surface area (Å²) in [6, 6.07) is 3.53. The molecule has 0 amide bonds. The molecule has 1 aromatic carbocycles. The average molecular weight is 386 g/mol. The van der Waals surface area contributed by atoms with Gasteiger partial charge in [0, 0.05) is 22.2 Å². The van der Waals surface area contributed by atoms with E-state index >= 15 is 0 Å². The fraction of sp³-hybridized carbons (Fsp3) is 0.214. The van der Waals surface area contributed by atoms with Gasteiger partial charge in [0.15, 0.2) is 0 Å². The Balaban J connectivity index is 2.02. The Morgan fingerprint density at radius 1 is 1.30 bits per heavy atom. The molecule has 0 unspecified atom stereocenters. The van der Waals surface area contributed by atoms with E-state index in [0.717, 1.165) is 12.1 Å². The van der Waals surface area contributed by atoms with Gasteiger partial charge in [0.2, 0.25) is 0 Å². The molecular weight excluding hydrogens is 375 g/mol. The van der Waals surface area contributed by atoms with Crippen molar-refractivity contribution in [1.29, 1.82) is 0 Å². The first-order valence-electron chi connectivity index (χ1n) is 6.57. The standard InChI is InChI=1S/C14H11BrF3N5/c1-7-10(12(19)23-13(22-7)20-6-21-23)4-8-2-3-9(5-11(8)15)14(16,17)18/h2-3,5-6H,4,19H2,1H3. The Labute approximate surface area is 137 Å². The highest BCUT2D eigenvalue weighted by molar-refractivity contribution is 9.10. The molecule has 0 aliphatic carbocycles. The molecule has 9 heteroatoms. The Morgan fingerprint density at radius 2 is 2.04 bits per heavy atom. The Morgan fingerprint density at radius 3 is 2.70 bits per heavy atom. The zero-order valence-corrected chi connectivity index (χ0v) is 13.5. The number of nitrogen functional groups attached to an aromatic ring is 1. The van der Waals surface area contributed by atoms with Crippen molar-refractivity contribution in [3.8, 4) is 0 Å². The van der Waals surface area contributed by atoms with Gasteiger partial charge < -0.3 is 5.73 Å². The number of nitrogens with zero attached hydrogens (tertiary/aromatic N) is 4. The number of halogens is 4. The zero-order valence-electron chi connectivity index (χ0n) is 11.9. The summed E-state index contributed by atoms with van der Waals surface area (Å²) in [5.74, 6) is 0.757. The summed E-state index contributed by atoms with van der Waals surface area (Å²) < 4.78 is 39.9. The lowest BCUT2D eigenvalue weighted by Gasteiger charge is -2.13. The van der Waals surface area contributed by atoms with Gasteiger partial charge in [0.1, 0.15) is 12.1 Å². The van der Waals surface area contributed by atoms with E-state index in [1.54, 1.807) is 6.92 Å². The van der Waals surface area contributed by atoms with Crippen molar-refractivity contribution in [3.63, 3.8) is 0 Å². The predicted octanol–water partition coefficient (Wildman–Crippen LogP) is 3.39. The molecule has 0 saturated carbocycles. The van der Waals surface area contributed by atoms with Crippen molar-refractivity contribution in [1.82, 2.24) is 19.6 Å². The highest BCUT2D eigenvalue weighted by Crippen LogP contribution is 2.33. The van der Waals surface area contributed by atoms with Crippen LogP contribution in [0.1, 0.15) is 22.4 Å². The third-order valence-corrected chi connectivity index (χ3v) is 4.26. The summed E-state index contributed by atoms with van der Waals surface area (Å²) in [4.78, 5) is 8.26. The van der Waals surface area contributed by atoms with E-state index in [1.807, 2.05) is 0 Å². The Hall–Kier alpha value is -2.16. The van der Waals surface area contributed by atoms with Crippen molar-refractivity contribution in [2.75, 3.05) is 5.73 Å². The molecule has 0 bridgehead atoms. The van der Waals surface area contributed by atoms with Crippen LogP contribution in [0, 0.1) is 6.92 Å². The van der Waals surface area contributed by atoms with Gasteiger partial charge in [-0.3, -0.25) is 0 Å². The van der Waals surface area contributed by atoms with Gasteiger partial charge in [0.05, 0.1) is 5.56 Å². The number of aromatic nitrogens is 4. The summed E-state index contributed by atoms with van der Waals surface area (Å²) >= 11 is 3.19. The van der Waals surface area contributed by atoms with Crippen LogP contribution in [0.3, 0.4) is 0 Å². The van der Waals surface area contributed by atoms with Gasteiger partial charge >= 0.3 is 6.18 Å². The Kier molecular flexibility index (Phi) is 3.75. The normalized spacial score (nSPS) is 12.0. The second-order valence-corrected chi connectivity index (χ2v) is 5.87. The van der Waals surface area contributed by atoms with E-state index < -0.39 is 11.7 Å². The maximum absolute atomic E-state index is 12.7. The minimum atomic E-state index is -4.38. The van der Waals surface area contributed by atoms with E-state index in [1.165, 1.54) is 16.9 Å². The molecule has 0 atom stereocenters. The van der Waals surface area contributed by atoms with Gasteiger partial charge in [-0.05, 0) is 24.6 Å². The largest absolute Gasteiger partial charge is 0.416 e. The lowest BCUT2D eigenvalue weighted by Crippen LogP contribution is -2.10. The molecule has 2 heterocycles. The third-order valence-electron chi connectivity index (χ3n) is 3.52. The van der Waals surface area contributed by atoms with E-state index in [-0.39, 0.29) is 0 Å². The molecule has 0 aliphatic heterocycles. The number of aryl methyl sites for hydroxylation is 1. The Bertz CT molecular complexity index is 888. The molecule has 0 saturated heterocycles. The maximum atomic E-state index is 12.7. The fourth-order valence-electron chi connectivity index (χ4n) is 2.29. The van der Waals surface area contributed by atoms with Crippen LogP contribution in [0.5, 0.6) is 0 Å². The van der Waals surface area contributed by atoms with Gasteiger partial charge in [-0.2, -0.15) is 27.8 Å². The predicted molar refractivity (Wildman–Crippen MR) is 81.9 cm³/mol. The number of fused-ring (bicyclic) bond motifs is 1. The minimum Gasteiger partial charge on any atom is -0.383 e. The lowest BCUT2D eigenvalue weighted by molar-refractivity contribution is -0.137. The molecule has 23 heavy (non-hydrogen) atoms. The van der Waals surface area contributed by atoms with Gasteiger partial charge in [-0.15, -0.1) is 0 Å². The van der Waals surface area contributed by atoms with Gasteiger partial charge in [0.25, 0.3) is 5.78 Å². The number of anilines is 1. The van der Waals surface area contributed by atoms with Crippen LogP contribution in [0.25, 0.3) is 5.78 Å². The SMILES string of the molecule is Cc1nc2ncnn2c(N)c1Cc1ccc(C(F)(F)F)cc1Br. The molecule has 0 fully saturated rings. The van der Waals surface area contributed by atoms with E-state index in [9.17, 15) is 13.2 Å². The summed E-state index contributed by atoms with van der Waals surface area (Å²) in [6.45, 7) is 1.78. The van der Waals surface area contributed by atoms with Crippen molar-refractivity contribution in [2.24, 2.45) is 0 Å². The summed E-state index contributed by atoms with van der Waals surface area (Å²) in [5, 5.41) is 3.99. The number of hydrogen-bond donors (Lipinski definition) is 1. The second kappa shape index (κ2) is 5.48. The van der Waals surface area contributed by atoms with Crippen LogP contribution in [0.15, 0.2) is 29.0 Å². The number of rotatable bonds is 2. The van der Waals surface area contributed by atoms with Crippen molar-refractivity contribution in [2.45, 2.75) is 19.5 Å². The van der Waals surface area contributed by atoms with Crippen molar-refractivity contribution in [3.05, 3.63) is 51.4 Å². The van der Waals surface area contributed by atoms with Gasteiger partial charge in [-0.25, -0.2) is 4.98 Å². The summed E-state index contributed by atoms with van der Waals surface area (Å²) in [7, 11) is 0. The number of hydrogen-bond acceptors (Lipinski definition) is 4. The zero-order chi connectivity index (χ0) is 16.8. The lowest BCUT2D eigenvalue weighted by atomic mass is 10.0. The van der Waals surface area contributed by atoms with Crippen LogP contribution >= 0.6 is 15.9 Å². The van der Waals surface area contributed by atoms with Gasteiger partial charge in [-0.1, -0.05) is 22.0 Å². The first-order chi connectivity index (χ1) is 10.8. The highest BCUT2D eigenvalue weighted by Gasteiger charge is 2.30. The molecule has 120 valence electrons. The van der Waals surface area contributed by atoms with Crippen LogP contribution in [0.2, 0.25) is 0 Å². The molecule has 0 spiro atoms. The third kappa shape index (κ3) is 2.88. The average Bonchev–Trinajstić information content (AvgIpc) is 2.92. The number of nitrogens with two attached hydrogens (primary N) is 1. The summed E-state index contributed by atoms with van der Waals surface area (Å²) in [5.41, 5.74) is 7.42. The van der Waals surface area contributed by atoms with Crippen LogP contribution < -0.4 is 5.73 Å². The quantitative estimate of drug-likeness (QED) is 0.733. The first kappa shape index (κ1) is 15.7. The van der Waals surface area contributed by atoms with E-state index in [2.05, 4.69) is 31.0 Å². The molecular formula is C14H11BrF3N5. The molecule has 0 radical (unpaired) electrons. The van der Waals surface area contributed by atoms with Crippen molar-refractivity contribution >= 4 is 27.5 Å². The summed E-state index contributed by atoms with van der Waals surface area (Å²) in [6.07, 6.45) is -2.70. The number of benzene rings is 1. The van der Waals surface area contributed by atoms with Crippen LogP contribution in [-0.4, -0.2) is 19.6 Å². The van der Waals surface area contributed by atoms with Crippen LogP contribution in [0.4, 0.5) is 19.0 Å². The van der Waals surface area contributed by atoms with E-state index in [0.29, 0.717) is 39.3 Å². The second-order valence-electron chi connectivity index (χ2n) is 5.01.